The topological polar surface area (TPSA) is 262 Å². The summed E-state index contributed by atoms with van der Waals surface area (Å²) in [6, 6.07) is -2.60. The number of aromatic amines is 2. The molecule has 2 heterocycles. The van der Waals surface area contributed by atoms with Crippen molar-refractivity contribution >= 4 is 29.8 Å². The molecule has 0 radical (unpaired) electrons. The Morgan fingerprint density at radius 1 is 0.771 bits per heavy atom. The van der Waals surface area contributed by atoms with Gasteiger partial charge in [-0.25, -0.2) is 14.4 Å². The minimum Gasteiger partial charge on any atom is -0.465 e. The quantitative estimate of drug-likeness (QED) is 0.109. The van der Waals surface area contributed by atoms with E-state index in [1.54, 1.807) is 27.7 Å². The molecule has 19 nitrogen and oxygen atoms in total. The van der Waals surface area contributed by atoms with Crippen molar-refractivity contribution in [2.75, 3.05) is 19.7 Å². The van der Waals surface area contributed by atoms with Gasteiger partial charge in [-0.3, -0.25) is 38.7 Å². The van der Waals surface area contributed by atoms with Crippen LogP contribution in [-0.4, -0.2) is 86.3 Å². The molecule has 19 heteroatoms. The fraction of sp³-hybridized carbons (Fsp3) is 0.552. The van der Waals surface area contributed by atoms with Crippen molar-refractivity contribution in [3.05, 3.63) is 65.2 Å². The number of H-pyrrole nitrogens is 2. The van der Waals surface area contributed by atoms with E-state index in [2.05, 4.69) is 31.2 Å². The molecule has 4 amide bonds. The van der Waals surface area contributed by atoms with Crippen molar-refractivity contribution < 1.29 is 33.4 Å². The van der Waals surface area contributed by atoms with Crippen LogP contribution in [0.25, 0.3) is 0 Å². The Bertz CT molecular complexity index is 1730. The lowest BCUT2D eigenvalue weighted by atomic mass is 10.1. The number of alkyl carbamates (subject to hydrolysis) is 1. The minimum atomic E-state index is -1.30. The van der Waals surface area contributed by atoms with Gasteiger partial charge in [0.25, 0.3) is 11.1 Å². The zero-order valence-electron chi connectivity index (χ0n) is 27.6. The van der Waals surface area contributed by atoms with Gasteiger partial charge >= 0.3 is 23.4 Å². The third-order valence-electron chi connectivity index (χ3n) is 6.49. The van der Waals surface area contributed by atoms with Crippen LogP contribution in [0.1, 0.15) is 51.7 Å². The molecule has 0 aliphatic carbocycles. The number of hydrogen-bond donors (Lipinski definition) is 6. The van der Waals surface area contributed by atoms with Gasteiger partial charge in [-0.15, -0.1) is 0 Å². The van der Waals surface area contributed by atoms with E-state index in [4.69, 9.17) is 9.47 Å². The molecule has 0 saturated heterocycles. The number of nitrogens with one attached hydrogen (secondary N) is 6. The second kappa shape index (κ2) is 17.4. The van der Waals surface area contributed by atoms with Crippen molar-refractivity contribution in [2.45, 2.75) is 85.2 Å². The van der Waals surface area contributed by atoms with Crippen molar-refractivity contribution in [1.82, 2.24) is 40.4 Å². The number of carbonyl (C=O) groups excluding carboxylic acids is 5. The molecule has 0 aliphatic rings. The van der Waals surface area contributed by atoms with E-state index < -0.39 is 83.1 Å². The minimum absolute atomic E-state index is 0.0774. The van der Waals surface area contributed by atoms with Gasteiger partial charge < -0.3 is 39.9 Å². The largest absolute Gasteiger partial charge is 0.465 e. The summed E-state index contributed by atoms with van der Waals surface area (Å²) in [7, 11) is 0. The lowest BCUT2D eigenvalue weighted by molar-refractivity contribution is -0.143. The highest BCUT2D eigenvalue weighted by Gasteiger charge is 2.26. The monoisotopic (exact) mass is 678 g/mol. The molecule has 0 aliphatic heterocycles. The molecule has 0 bridgehead atoms. The smallest absolute Gasteiger partial charge is 0.408 e. The molecule has 6 N–H and O–H groups in total. The number of aryl methyl sites for hydroxylation is 4. The summed E-state index contributed by atoms with van der Waals surface area (Å²) in [6.07, 6.45) is 1.34. The van der Waals surface area contributed by atoms with Gasteiger partial charge in [0, 0.05) is 36.6 Å². The van der Waals surface area contributed by atoms with Crippen LogP contribution in [0.3, 0.4) is 0 Å². The molecule has 0 fully saturated rings. The summed E-state index contributed by atoms with van der Waals surface area (Å²) in [5.41, 5.74) is -3.04. The van der Waals surface area contributed by atoms with Crippen molar-refractivity contribution in [1.29, 1.82) is 0 Å². The van der Waals surface area contributed by atoms with E-state index in [-0.39, 0.29) is 43.7 Å². The molecular formula is C29H42N8O11. The van der Waals surface area contributed by atoms with Crippen LogP contribution in [0.4, 0.5) is 4.79 Å². The molecule has 0 unspecified atom stereocenters. The lowest BCUT2D eigenvalue weighted by Crippen LogP contribution is -2.53. The summed E-state index contributed by atoms with van der Waals surface area (Å²) in [5.74, 6) is -3.18. The molecule has 48 heavy (non-hydrogen) atoms. The molecule has 0 saturated carbocycles. The zero-order valence-corrected chi connectivity index (χ0v) is 27.6. The summed E-state index contributed by atoms with van der Waals surface area (Å²) in [4.78, 5) is 115. The molecule has 2 aromatic heterocycles. The predicted molar refractivity (Wildman–Crippen MR) is 169 cm³/mol. The number of esters is 1. The van der Waals surface area contributed by atoms with E-state index in [1.807, 2.05) is 0 Å². The molecule has 2 atom stereocenters. The average Bonchev–Trinajstić information content (AvgIpc) is 2.98. The maximum Gasteiger partial charge on any atom is 0.408 e. The van der Waals surface area contributed by atoms with Gasteiger partial charge in [-0.2, -0.15) is 0 Å². The molecule has 0 aromatic carbocycles. The standard InChI is InChI=1S/C29H42N8O11/c1-7-47-21(39)13-31-24(42)18(8-10-36-14-16(2)22(40)34-26(36)44)32-20(38)12-30-25(43)19(33-28(46)48-29(4,5)6)9-11-37-15-17(3)23(41)35-27(37)45/h14-15,18-19H,7-13H2,1-6H3,(H,30,43)(H,31,42)(H,32,38)(H,33,46)(H,34,40,44)(H,35,41,45)/t18-,19-/m0/s1. The highest BCUT2D eigenvalue weighted by molar-refractivity contribution is 5.92. The summed E-state index contributed by atoms with van der Waals surface area (Å²) in [5, 5.41) is 9.54. The number of aromatic nitrogens is 4. The van der Waals surface area contributed by atoms with E-state index >= 15 is 0 Å². The summed E-state index contributed by atoms with van der Waals surface area (Å²) in [6.45, 7) is 8.08. The number of ether oxygens (including phenoxy) is 2. The normalized spacial score (nSPS) is 12.3. The van der Waals surface area contributed by atoms with Crippen LogP contribution in [0.5, 0.6) is 0 Å². The van der Waals surface area contributed by atoms with Crippen molar-refractivity contribution in [3.63, 3.8) is 0 Å². The maximum atomic E-state index is 13.1. The molecule has 0 spiro atoms. The predicted octanol–water partition coefficient (Wildman–Crippen LogP) is -2.34. The van der Waals surface area contributed by atoms with Crippen molar-refractivity contribution in [3.8, 4) is 0 Å². The SMILES string of the molecule is CCOC(=O)CNC(=O)[C@H](CCn1cc(C)c(=O)[nH]c1=O)NC(=O)CNC(=O)[C@H](CCn1cc(C)c(=O)[nH]c1=O)NC(=O)OC(C)(C)C. The van der Waals surface area contributed by atoms with Gasteiger partial charge in [0.15, 0.2) is 0 Å². The first kappa shape index (κ1) is 38.7. The highest BCUT2D eigenvalue weighted by atomic mass is 16.6. The molecule has 2 rings (SSSR count). The number of nitrogens with zero attached hydrogens (tertiary/aromatic N) is 2. The molecule has 264 valence electrons. The Balaban J connectivity index is 2.16. The third kappa shape index (κ3) is 12.7. The first-order valence-electron chi connectivity index (χ1n) is 15.0. The Labute approximate surface area is 273 Å². The first-order valence-corrected chi connectivity index (χ1v) is 15.0. The fourth-order valence-corrected chi connectivity index (χ4v) is 4.12. The Kier molecular flexibility index (Phi) is 14.1. The second-order valence-electron chi connectivity index (χ2n) is 11.7. The van der Waals surface area contributed by atoms with E-state index in [1.165, 1.54) is 26.2 Å². The van der Waals surface area contributed by atoms with Crippen LogP contribution in [-0.2, 0) is 41.7 Å². The number of rotatable bonds is 15. The third-order valence-corrected chi connectivity index (χ3v) is 6.49. The Morgan fingerprint density at radius 2 is 1.23 bits per heavy atom. The van der Waals surface area contributed by atoms with Crippen LogP contribution >= 0.6 is 0 Å². The fourth-order valence-electron chi connectivity index (χ4n) is 4.12. The van der Waals surface area contributed by atoms with Crippen LogP contribution < -0.4 is 43.8 Å². The molecule has 2 aromatic rings. The number of hydrogen-bond acceptors (Lipinski definition) is 11. The van der Waals surface area contributed by atoms with Gasteiger partial charge in [0.2, 0.25) is 17.7 Å². The van der Waals surface area contributed by atoms with Crippen LogP contribution in [0.15, 0.2) is 31.6 Å². The zero-order chi connectivity index (χ0) is 36.2. The van der Waals surface area contributed by atoms with E-state index in [0.29, 0.717) is 0 Å². The van der Waals surface area contributed by atoms with Gasteiger partial charge in [0.1, 0.15) is 24.2 Å². The Hall–Kier alpha value is -5.49. The lowest BCUT2D eigenvalue weighted by Gasteiger charge is -2.24. The number of amides is 4. The van der Waals surface area contributed by atoms with Crippen molar-refractivity contribution in [2.24, 2.45) is 0 Å². The second-order valence-corrected chi connectivity index (χ2v) is 11.7. The average molecular weight is 679 g/mol. The highest BCUT2D eigenvalue weighted by Crippen LogP contribution is 2.08. The molecular weight excluding hydrogens is 636 g/mol. The van der Waals surface area contributed by atoms with Gasteiger partial charge in [0.05, 0.1) is 13.2 Å². The Morgan fingerprint density at radius 3 is 1.69 bits per heavy atom. The van der Waals surface area contributed by atoms with Crippen LogP contribution in [0.2, 0.25) is 0 Å². The van der Waals surface area contributed by atoms with Gasteiger partial charge in [-0.1, -0.05) is 0 Å². The van der Waals surface area contributed by atoms with Gasteiger partial charge in [-0.05, 0) is 54.4 Å². The summed E-state index contributed by atoms with van der Waals surface area (Å²) < 4.78 is 12.3. The van der Waals surface area contributed by atoms with E-state index in [0.717, 1.165) is 9.13 Å². The number of carbonyl (C=O) groups is 5. The first-order chi connectivity index (χ1) is 22.4. The van der Waals surface area contributed by atoms with Crippen LogP contribution in [0, 0.1) is 13.8 Å². The van der Waals surface area contributed by atoms with E-state index in [9.17, 15) is 43.2 Å². The summed E-state index contributed by atoms with van der Waals surface area (Å²) >= 11 is 0. The maximum absolute atomic E-state index is 13.1.